The van der Waals surface area contributed by atoms with Gasteiger partial charge in [-0.05, 0) is 36.5 Å². The lowest BCUT2D eigenvalue weighted by Gasteiger charge is -2.55. The Kier molecular flexibility index (Phi) is 4.52. The van der Waals surface area contributed by atoms with Crippen LogP contribution in [-0.4, -0.2) is 66.5 Å². The largest absolute Gasteiger partial charge is 1.00 e. The van der Waals surface area contributed by atoms with Gasteiger partial charge < -0.3 is 26.5 Å². The lowest BCUT2D eigenvalue weighted by molar-refractivity contribution is -1.09. The molecule has 1 N–H and O–H groups in total. The molecule has 0 aromatic heterocycles. The summed E-state index contributed by atoms with van der Waals surface area (Å²) in [6, 6.07) is 7.26. The van der Waals surface area contributed by atoms with E-state index in [9.17, 15) is 5.11 Å². The lowest BCUT2D eigenvalue weighted by Crippen LogP contribution is -3.00. The second-order valence-electron chi connectivity index (χ2n) is 7.59. The van der Waals surface area contributed by atoms with Crippen molar-refractivity contribution >= 4 is 0 Å². The molecule has 3 nitrogen and oxygen atoms in total. The maximum absolute atomic E-state index is 9.30. The normalized spacial score (nSPS) is 32.6. The predicted octanol–water partition coefficient (Wildman–Crippen LogP) is -1.67. The molecule has 3 fully saturated rings. The maximum atomic E-state index is 9.30. The van der Waals surface area contributed by atoms with Crippen LogP contribution in [0.15, 0.2) is 18.2 Å². The van der Waals surface area contributed by atoms with Gasteiger partial charge in [-0.1, -0.05) is 12.1 Å². The molecule has 2 bridgehead atoms. The Morgan fingerprint density at radius 3 is 2.18 bits per heavy atom. The molecule has 1 aromatic rings. The van der Waals surface area contributed by atoms with Crippen molar-refractivity contribution in [1.82, 2.24) is 0 Å². The van der Waals surface area contributed by atoms with Crippen molar-refractivity contribution in [3.8, 4) is 0 Å². The molecular formula is C18H28ClN2O+. The number of quaternary nitrogens is 2. The summed E-state index contributed by atoms with van der Waals surface area (Å²) in [6.07, 6.45) is 3.93. The summed E-state index contributed by atoms with van der Waals surface area (Å²) < 4.78 is 2.48. The number of rotatable bonds is 4. The molecule has 0 saturated carbocycles. The van der Waals surface area contributed by atoms with Gasteiger partial charge in [-0.25, -0.2) is 0 Å². The zero-order valence-corrected chi connectivity index (χ0v) is 14.2. The van der Waals surface area contributed by atoms with Crippen LogP contribution in [0.5, 0.6) is 0 Å². The zero-order valence-electron chi connectivity index (χ0n) is 13.4. The van der Waals surface area contributed by atoms with Crippen molar-refractivity contribution in [1.29, 1.82) is 0 Å². The summed E-state index contributed by atoms with van der Waals surface area (Å²) in [5, 5.41) is 9.30. The molecule has 5 rings (SSSR count). The van der Waals surface area contributed by atoms with Crippen LogP contribution in [-0.2, 0) is 19.4 Å². The van der Waals surface area contributed by atoms with Crippen LogP contribution in [0, 0.1) is 0 Å². The molecule has 3 heterocycles. The minimum absolute atomic E-state index is 0. The molecule has 0 radical (unpaired) electrons. The number of hydrogen-bond acceptors (Lipinski definition) is 1. The Balaban J connectivity index is 0.00000144. The van der Waals surface area contributed by atoms with Gasteiger partial charge in [0.1, 0.15) is 52.4 Å². The number of aliphatic hydroxyl groups is 1. The van der Waals surface area contributed by atoms with Gasteiger partial charge in [0, 0.05) is 5.56 Å². The average Bonchev–Trinajstić information content (AvgIpc) is 2.97. The summed E-state index contributed by atoms with van der Waals surface area (Å²) in [4.78, 5) is 0. The second-order valence-corrected chi connectivity index (χ2v) is 7.59. The highest BCUT2D eigenvalue weighted by Gasteiger charge is 2.48. The molecule has 4 heteroatoms. The lowest BCUT2D eigenvalue weighted by atomic mass is 10.0. The number of nitrogens with zero attached hydrogens (tertiary/aromatic N) is 2. The third kappa shape index (κ3) is 2.80. The molecule has 0 amide bonds. The molecule has 0 atom stereocenters. The Hall–Kier alpha value is -0.610. The molecule has 3 saturated heterocycles. The minimum atomic E-state index is 0. The minimum Gasteiger partial charge on any atom is -1.00 e. The van der Waals surface area contributed by atoms with E-state index in [1.807, 2.05) is 0 Å². The molecule has 0 unspecified atom stereocenters. The van der Waals surface area contributed by atoms with Gasteiger partial charge in [-0.3, -0.25) is 0 Å². The van der Waals surface area contributed by atoms with Crippen LogP contribution in [0.3, 0.4) is 0 Å². The molecule has 22 heavy (non-hydrogen) atoms. The van der Waals surface area contributed by atoms with E-state index in [-0.39, 0.29) is 12.4 Å². The maximum Gasteiger partial charge on any atom is 0.129 e. The van der Waals surface area contributed by atoms with Gasteiger partial charge >= 0.3 is 0 Å². The Labute approximate surface area is 140 Å². The number of halogens is 1. The first kappa shape index (κ1) is 16.3. The fourth-order valence-corrected chi connectivity index (χ4v) is 4.84. The van der Waals surface area contributed by atoms with Crippen LogP contribution < -0.4 is 12.4 Å². The fourth-order valence-electron chi connectivity index (χ4n) is 4.84. The molecule has 1 aliphatic carbocycles. The van der Waals surface area contributed by atoms with Crippen molar-refractivity contribution in [2.45, 2.75) is 25.8 Å². The number of hydrogen-bond donors (Lipinski definition) is 1. The summed E-state index contributed by atoms with van der Waals surface area (Å²) in [7, 11) is 0. The Morgan fingerprint density at radius 2 is 1.50 bits per heavy atom. The van der Waals surface area contributed by atoms with E-state index in [1.165, 1.54) is 74.0 Å². The predicted molar refractivity (Wildman–Crippen MR) is 83.8 cm³/mol. The van der Waals surface area contributed by atoms with Gasteiger partial charge in [-0.15, -0.1) is 0 Å². The van der Waals surface area contributed by atoms with E-state index in [0.29, 0.717) is 6.61 Å². The highest BCUT2D eigenvalue weighted by Crippen LogP contribution is 2.30. The molecular weight excluding hydrogens is 296 g/mol. The number of benzene rings is 1. The van der Waals surface area contributed by atoms with Crippen LogP contribution >= 0.6 is 0 Å². The third-order valence-electron chi connectivity index (χ3n) is 6.40. The fraction of sp³-hybridized carbons (Fsp3) is 0.667. The third-order valence-corrected chi connectivity index (χ3v) is 6.40. The van der Waals surface area contributed by atoms with E-state index < -0.39 is 0 Å². The first-order valence-electron chi connectivity index (χ1n) is 8.64. The second kappa shape index (κ2) is 6.12. The van der Waals surface area contributed by atoms with Crippen molar-refractivity contribution in [3.63, 3.8) is 0 Å². The smallest absolute Gasteiger partial charge is 0.129 e. The van der Waals surface area contributed by atoms with E-state index in [4.69, 9.17) is 0 Å². The van der Waals surface area contributed by atoms with Crippen LogP contribution in [0.4, 0.5) is 0 Å². The van der Waals surface area contributed by atoms with Crippen molar-refractivity contribution in [2.75, 3.05) is 52.4 Å². The topological polar surface area (TPSA) is 20.2 Å². The van der Waals surface area contributed by atoms with Crippen molar-refractivity contribution in [3.05, 3.63) is 34.9 Å². The van der Waals surface area contributed by atoms with E-state index in [1.54, 1.807) is 16.7 Å². The van der Waals surface area contributed by atoms with Gasteiger partial charge in [0.25, 0.3) is 0 Å². The molecule has 4 aliphatic rings. The highest BCUT2D eigenvalue weighted by atomic mass is 35.5. The molecule has 122 valence electrons. The number of piperazine rings is 3. The van der Waals surface area contributed by atoms with Gasteiger partial charge in [-0.2, -0.15) is 0 Å². The monoisotopic (exact) mass is 323 g/mol. The van der Waals surface area contributed by atoms with E-state index in [2.05, 4.69) is 18.2 Å². The van der Waals surface area contributed by atoms with Crippen molar-refractivity contribution < 1.29 is 26.5 Å². The van der Waals surface area contributed by atoms with E-state index in [0.717, 1.165) is 6.54 Å². The number of fused-ring (bicyclic) bond motifs is 4. The summed E-state index contributed by atoms with van der Waals surface area (Å²) in [6.45, 7) is 10.3. The molecule has 0 spiro atoms. The van der Waals surface area contributed by atoms with E-state index >= 15 is 0 Å². The summed E-state index contributed by atoms with van der Waals surface area (Å²) in [5.74, 6) is 0. The Bertz CT molecular complexity index is 521. The highest BCUT2D eigenvalue weighted by molar-refractivity contribution is 5.35. The van der Waals surface area contributed by atoms with Crippen molar-refractivity contribution in [2.24, 2.45) is 0 Å². The Morgan fingerprint density at radius 1 is 0.864 bits per heavy atom. The summed E-state index contributed by atoms with van der Waals surface area (Å²) >= 11 is 0. The van der Waals surface area contributed by atoms with Crippen LogP contribution in [0.25, 0.3) is 0 Å². The van der Waals surface area contributed by atoms with Gasteiger partial charge in [0.15, 0.2) is 0 Å². The number of aryl methyl sites for hydroxylation is 2. The van der Waals surface area contributed by atoms with Gasteiger partial charge in [0.2, 0.25) is 0 Å². The summed E-state index contributed by atoms with van der Waals surface area (Å²) in [5.41, 5.74) is 4.76. The number of aliphatic hydroxyl groups excluding tert-OH is 1. The zero-order chi connectivity index (χ0) is 14.3. The first-order valence-corrected chi connectivity index (χ1v) is 8.64. The average molecular weight is 324 g/mol. The molecule has 1 aromatic carbocycles. The molecule has 3 aliphatic heterocycles. The van der Waals surface area contributed by atoms with Crippen LogP contribution in [0.2, 0.25) is 0 Å². The quantitative estimate of drug-likeness (QED) is 0.657. The SMILES string of the molecule is OCC[N+]12CC[N+](Cc3ccc4c(c3)CCC4)(CC1)CC2.[Cl-]. The first-order chi connectivity index (χ1) is 10.2. The van der Waals surface area contributed by atoms with Gasteiger partial charge in [0.05, 0.1) is 6.61 Å². The van der Waals surface area contributed by atoms with Crippen LogP contribution in [0.1, 0.15) is 23.1 Å². The standard InChI is InChI=1S/C18H28N2O.ClH/c21-13-12-19-6-9-20(10-7-19,11-8-19)15-16-4-5-17-2-1-3-18(17)14-16;/h4-5,14,21H,1-3,6-13,15H2;1H/q+2;/p-1.